The normalized spacial score (nSPS) is 18.7. The fraction of sp³-hybridized carbons (Fsp3) is 0.577. The van der Waals surface area contributed by atoms with Gasteiger partial charge in [-0.3, -0.25) is 4.79 Å². The number of aryl methyl sites for hydroxylation is 1. The monoisotopic (exact) mass is 428 g/mol. The van der Waals surface area contributed by atoms with E-state index in [9.17, 15) is 15.0 Å². The van der Waals surface area contributed by atoms with E-state index in [2.05, 4.69) is 31.8 Å². The summed E-state index contributed by atoms with van der Waals surface area (Å²) in [5.74, 6) is -0.372. The van der Waals surface area contributed by atoms with Crippen molar-refractivity contribution in [2.75, 3.05) is 27.2 Å². The van der Waals surface area contributed by atoms with Gasteiger partial charge in [0.15, 0.2) is 0 Å². The molecule has 1 aromatic rings. The topological polar surface area (TPSA) is 72.8 Å². The standard InChI is InChI=1S/C26H40N2O3/c1-7-8-9-10-19-16-22(29)24(21-15-18(4)11-12-20(21)17(2)3)25(30)23(19)26(31)27-13-14-28(5)6/h15-16,20-21,29-30H,2,7-14H2,1,3-6H3,(H,27,31). The maximum Gasteiger partial charge on any atom is 0.255 e. The lowest BCUT2D eigenvalue weighted by Gasteiger charge is -2.32. The summed E-state index contributed by atoms with van der Waals surface area (Å²) in [5.41, 5.74) is 3.71. The number of nitrogens with one attached hydrogen (secondary N) is 1. The molecular formula is C26H40N2O3. The van der Waals surface area contributed by atoms with Crippen LogP contribution in [0, 0.1) is 5.92 Å². The summed E-state index contributed by atoms with van der Waals surface area (Å²) < 4.78 is 0. The number of hydrogen-bond acceptors (Lipinski definition) is 4. The van der Waals surface area contributed by atoms with Gasteiger partial charge in [0.2, 0.25) is 0 Å². The van der Waals surface area contributed by atoms with Crippen molar-refractivity contribution in [1.82, 2.24) is 10.2 Å². The number of benzene rings is 1. The molecule has 0 heterocycles. The van der Waals surface area contributed by atoms with E-state index in [1.807, 2.05) is 25.9 Å². The highest BCUT2D eigenvalue weighted by atomic mass is 16.3. The average Bonchev–Trinajstić information content (AvgIpc) is 2.67. The maximum absolute atomic E-state index is 13.1. The molecule has 0 saturated heterocycles. The first-order chi connectivity index (χ1) is 14.7. The van der Waals surface area contributed by atoms with Crippen molar-refractivity contribution in [3.8, 4) is 11.5 Å². The first-order valence-electron chi connectivity index (χ1n) is 11.5. The molecule has 3 N–H and O–H groups in total. The Balaban J connectivity index is 2.53. The minimum Gasteiger partial charge on any atom is -0.507 e. The van der Waals surface area contributed by atoms with Gasteiger partial charge in [0.1, 0.15) is 11.5 Å². The number of amides is 1. The number of hydrogen-bond donors (Lipinski definition) is 3. The molecule has 1 aliphatic carbocycles. The van der Waals surface area contributed by atoms with Crippen LogP contribution in [0.4, 0.5) is 0 Å². The zero-order valence-electron chi connectivity index (χ0n) is 19.9. The first kappa shape index (κ1) is 25.0. The number of nitrogens with zero attached hydrogens (tertiary/aromatic N) is 1. The number of likely N-dealkylation sites (N-methyl/N-ethyl adjacent to an activating group) is 1. The van der Waals surface area contributed by atoms with E-state index in [4.69, 9.17) is 0 Å². The van der Waals surface area contributed by atoms with Crippen LogP contribution >= 0.6 is 0 Å². The summed E-state index contributed by atoms with van der Waals surface area (Å²) in [6.45, 7) is 11.5. The molecule has 0 fully saturated rings. The highest BCUT2D eigenvalue weighted by molar-refractivity contribution is 5.99. The second-order valence-corrected chi connectivity index (χ2v) is 9.24. The summed E-state index contributed by atoms with van der Waals surface area (Å²) in [6, 6.07) is 1.69. The third-order valence-electron chi connectivity index (χ3n) is 6.23. The van der Waals surface area contributed by atoms with Gasteiger partial charge < -0.3 is 20.4 Å². The average molecular weight is 429 g/mol. The Morgan fingerprint density at radius 2 is 2.00 bits per heavy atom. The molecule has 172 valence electrons. The first-order valence-corrected chi connectivity index (χ1v) is 11.5. The third-order valence-corrected chi connectivity index (χ3v) is 6.23. The van der Waals surface area contributed by atoms with E-state index in [1.54, 1.807) is 6.07 Å². The molecule has 0 radical (unpaired) electrons. The Labute approximate surface area is 187 Å². The van der Waals surface area contributed by atoms with E-state index >= 15 is 0 Å². The minimum atomic E-state index is -0.282. The SMILES string of the molecule is C=C(C)C1CCC(C)=CC1c1c(O)cc(CCCCC)c(C(=O)NCCN(C)C)c1O. The molecular weight excluding hydrogens is 388 g/mol. The van der Waals surface area contributed by atoms with Crippen molar-refractivity contribution in [2.24, 2.45) is 5.92 Å². The van der Waals surface area contributed by atoms with E-state index in [0.29, 0.717) is 36.2 Å². The van der Waals surface area contributed by atoms with Crippen LogP contribution in [0.3, 0.4) is 0 Å². The van der Waals surface area contributed by atoms with E-state index in [1.165, 1.54) is 5.57 Å². The molecule has 1 amide bonds. The molecule has 0 aromatic heterocycles. The fourth-order valence-corrected chi connectivity index (χ4v) is 4.46. The molecule has 5 nitrogen and oxygen atoms in total. The molecule has 2 rings (SSSR count). The van der Waals surface area contributed by atoms with Crippen LogP contribution in [0.2, 0.25) is 0 Å². The van der Waals surface area contributed by atoms with Crippen molar-refractivity contribution in [3.05, 3.63) is 46.6 Å². The number of carbonyl (C=O) groups excluding carboxylic acids is 1. The highest BCUT2D eigenvalue weighted by Gasteiger charge is 2.33. The molecule has 1 aliphatic rings. The van der Waals surface area contributed by atoms with Crippen molar-refractivity contribution >= 4 is 5.91 Å². The predicted molar refractivity (Wildman–Crippen MR) is 128 cm³/mol. The molecule has 5 heteroatoms. The van der Waals surface area contributed by atoms with E-state index < -0.39 is 0 Å². The molecule has 0 saturated carbocycles. The number of allylic oxidation sites excluding steroid dienone is 3. The Hall–Kier alpha value is -2.27. The van der Waals surface area contributed by atoms with Crippen molar-refractivity contribution in [3.63, 3.8) is 0 Å². The van der Waals surface area contributed by atoms with Gasteiger partial charge in [0, 0.05) is 24.6 Å². The van der Waals surface area contributed by atoms with Gasteiger partial charge >= 0.3 is 0 Å². The lowest BCUT2D eigenvalue weighted by molar-refractivity contribution is 0.0947. The number of phenolic OH excluding ortho intramolecular Hbond substituents is 2. The lowest BCUT2D eigenvalue weighted by Crippen LogP contribution is -2.32. The summed E-state index contributed by atoms with van der Waals surface area (Å²) >= 11 is 0. The maximum atomic E-state index is 13.1. The van der Waals surface area contributed by atoms with Crippen molar-refractivity contribution < 1.29 is 15.0 Å². The fourth-order valence-electron chi connectivity index (χ4n) is 4.46. The van der Waals surface area contributed by atoms with Gasteiger partial charge in [-0.1, -0.05) is 43.6 Å². The summed E-state index contributed by atoms with van der Waals surface area (Å²) in [6.07, 6.45) is 7.66. The minimum absolute atomic E-state index is 0.0658. The van der Waals surface area contributed by atoms with Crippen molar-refractivity contribution in [1.29, 1.82) is 0 Å². The van der Waals surface area contributed by atoms with Gasteiger partial charge in [-0.05, 0) is 71.2 Å². The zero-order valence-corrected chi connectivity index (χ0v) is 19.9. The quantitative estimate of drug-likeness (QED) is 0.356. The van der Waals surface area contributed by atoms with Crippen LogP contribution in [0.25, 0.3) is 0 Å². The summed E-state index contributed by atoms with van der Waals surface area (Å²) in [7, 11) is 3.90. The second-order valence-electron chi connectivity index (χ2n) is 9.24. The molecule has 1 aromatic carbocycles. The zero-order chi connectivity index (χ0) is 23.1. The van der Waals surface area contributed by atoms with Gasteiger partial charge in [-0.2, -0.15) is 0 Å². The number of aromatic hydroxyl groups is 2. The number of carbonyl (C=O) groups is 1. The van der Waals surface area contributed by atoms with Crippen LogP contribution in [-0.2, 0) is 6.42 Å². The highest BCUT2D eigenvalue weighted by Crippen LogP contribution is 2.48. The number of phenols is 2. The Bertz CT molecular complexity index is 826. The Kier molecular flexibility index (Phi) is 9.17. The predicted octanol–water partition coefficient (Wildman–Crippen LogP) is 5.14. The Morgan fingerprint density at radius 3 is 2.61 bits per heavy atom. The van der Waals surface area contributed by atoms with Gasteiger partial charge in [0.25, 0.3) is 5.91 Å². The molecule has 31 heavy (non-hydrogen) atoms. The van der Waals surface area contributed by atoms with Crippen LogP contribution in [0.15, 0.2) is 29.9 Å². The van der Waals surface area contributed by atoms with Crippen LogP contribution in [-0.4, -0.2) is 48.2 Å². The number of rotatable bonds is 10. The van der Waals surface area contributed by atoms with E-state index in [0.717, 1.165) is 37.7 Å². The van der Waals surface area contributed by atoms with Gasteiger partial charge in [-0.15, -0.1) is 0 Å². The van der Waals surface area contributed by atoms with E-state index in [-0.39, 0.29) is 29.2 Å². The van der Waals surface area contributed by atoms with Crippen LogP contribution < -0.4 is 5.32 Å². The smallest absolute Gasteiger partial charge is 0.255 e. The Morgan fingerprint density at radius 1 is 1.29 bits per heavy atom. The summed E-state index contributed by atoms with van der Waals surface area (Å²) in [4.78, 5) is 15.1. The van der Waals surface area contributed by atoms with Crippen LogP contribution in [0.5, 0.6) is 11.5 Å². The third kappa shape index (κ3) is 6.36. The number of unbranched alkanes of at least 4 members (excludes halogenated alkanes) is 2. The summed E-state index contributed by atoms with van der Waals surface area (Å²) in [5, 5.41) is 25.2. The molecule has 0 bridgehead atoms. The molecule has 2 unspecified atom stereocenters. The lowest BCUT2D eigenvalue weighted by atomic mass is 9.73. The van der Waals surface area contributed by atoms with Crippen LogP contribution in [0.1, 0.15) is 80.3 Å². The second kappa shape index (κ2) is 11.4. The molecule has 0 aliphatic heterocycles. The van der Waals surface area contributed by atoms with Gasteiger partial charge in [0.05, 0.1) is 5.56 Å². The molecule has 0 spiro atoms. The van der Waals surface area contributed by atoms with Gasteiger partial charge in [-0.25, -0.2) is 0 Å². The van der Waals surface area contributed by atoms with Crippen molar-refractivity contribution in [2.45, 2.75) is 65.2 Å². The largest absolute Gasteiger partial charge is 0.507 e. The molecule has 2 atom stereocenters.